The van der Waals surface area contributed by atoms with E-state index in [0.29, 0.717) is 12.2 Å². The molecule has 1 aromatic heterocycles. The minimum absolute atomic E-state index is 0.0538. The molecule has 1 saturated heterocycles. The van der Waals surface area contributed by atoms with Crippen molar-refractivity contribution < 1.29 is 19.5 Å². The molecule has 1 fully saturated rings. The Morgan fingerprint density at radius 3 is 2.62 bits per heavy atom. The van der Waals surface area contributed by atoms with Crippen molar-refractivity contribution >= 4 is 40.6 Å². The van der Waals surface area contributed by atoms with Gasteiger partial charge in [0.15, 0.2) is 5.75 Å². The van der Waals surface area contributed by atoms with Crippen molar-refractivity contribution in [2.75, 3.05) is 23.8 Å². The van der Waals surface area contributed by atoms with Crippen LogP contribution in [0.5, 0.6) is 5.75 Å². The van der Waals surface area contributed by atoms with Crippen molar-refractivity contribution in [2.45, 2.75) is 37.3 Å². The van der Waals surface area contributed by atoms with Crippen LogP contribution in [0.15, 0.2) is 43.2 Å². The zero-order chi connectivity index (χ0) is 23.0. The fourth-order valence-electron chi connectivity index (χ4n) is 3.32. The largest absolute Gasteiger partial charge is 0.505 e. The molecule has 2 heterocycles. The Morgan fingerprint density at radius 1 is 1.25 bits per heavy atom. The summed E-state index contributed by atoms with van der Waals surface area (Å²) < 4.78 is 7.06. The van der Waals surface area contributed by atoms with Crippen molar-refractivity contribution in [3.63, 3.8) is 0 Å². The Bertz CT molecular complexity index is 1210. The van der Waals surface area contributed by atoms with Gasteiger partial charge in [0.25, 0.3) is 10.9 Å². The van der Waals surface area contributed by atoms with Crippen LogP contribution in [0.4, 0.5) is 17.1 Å². The number of furan rings is 1. The highest BCUT2D eigenvalue weighted by molar-refractivity contribution is 7.97. The van der Waals surface area contributed by atoms with E-state index in [-0.39, 0.29) is 51.9 Å². The van der Waals surface area contributed by atoms with E-state index >= 15 is 0 Å². The van der Waals surface area contributed by atoms with Gasteiger partial charge in [0.2, 0.25) is 0 Å². The molecule has 3 aromatic rings. The number of aliphatic hydroxyl groups is 1. The minimum atomic E-state index is -0.687. The number of hydrogen-bond donors (Lipinski definition) is 4. The first kappa shape index (κ1) is 22.7. The number of hydroxylamine groups is 1. The normalized spacial score (nSPS) is 17.7. The van der Waals surface area contributed by atoms with Gasteiger partial charge in [-0.3, -0.25) is 14.4 Å². The summed E-state index contributed by atoms with van der Waals surface area (Å²) in [6.07, 6.45) is -0.00792. The molecule has 0 bridgehead atoms. The number of nitrogens with one attached hydrogen (secondary N) is 2. The van der Waals surface area contributed by atoms with Crippen LogP contribution >= 0.6 is 23.5 Å². The molecule has 0 radical (unpaired) electrons. The summed E-state index contributed by atoms with van der Waals surface area (Å²) in [6, 6.07) is 6.42. The van der Waals surface area contributed by atoms with Gasteiger partial charge in [-0.25, -0.2) is 0 Å². The Balaban J connectivity index is 1.57. The lowest BCUT2D eigenvalue weighted by Crippen LogP contribution is -2.37. The smallest absolute Gasteiger partial charge is 0.253 e. The average Bonchev–Trinajstić information content (AvgIpc) is 3.39. The average molecular weight is 480 g/mol. The summed E-state index contributed by atoms with van der Waals surface area (Å²) >= 11 is 7.25. The standard InChI is InChI=1S/C21H22ClN3O6S/c1-3-13(15-7-4-10(2)31-15)23-16-17(20(29)19(16)28)24-14-6-5-12(22)21(18(14)27)32-25-8-11(26)9-30-25/h4-7,11,13,23-24,26-27H,3,8-9H2,1-2H3/t11?,13-/m1/s1. The van der Waals surface area contributed by atoms with Gasteiger partial charge in [-0.05, 0) is 49.6 Å². The molecule has 0 spiro atoms. The molecule has 2 atom stereocenters. The number of β-amino-alcohol motifs (C(OH)–C–C–N with tert-alkyl or cyclic N) is 1. The summed E-state index contributed by atoms with van der Waals surface area (Å²) in [7, 11) is 0. The maximum atomic E-state index is 12.3. The van der Waals surface area contributed by atoms with Crippen molar-refractivity contribution in [2.24, 2.45) is 0 Å². The lowest BCUT2D eigenvalue weighted by atomic mass is 10.1. The lowest BCUT2D eigenvalue weighted by molar-refractivity contribution is -0.0215. The van der Waals surface area contributed by atoms with Crippen LogP contribution in [0.2, 0.25) is 5.02 Å². The van der Waals surface area contributed by atoms with Gasteiger partial charge in [0.1, 0.15) is 22.9 Å². The molecule has 32 heavy (non-hydrogen) atoms. The van der Waals surface area contributed by atoms with Crippen molar-refractivity contribution in [1.29, 1.82) is 0 Å². The van der Waals surface area contributed by atoms with Gasteiger partial charge in [0.05, 0.1) is 40.9 Å². The van der Waals surface area contributed by atoms with Gasteiger partial charge in [-0.2, -0.15) is 0 Å². The summed E-state index contributed by atoms with van der Waals surface area (Å²) in [5.74, 6) is 1.19. The number of aryl methyl sites for hydroxylation is 1. The number of phenolic OH excluding ortho intramolecular Hbond substituents is 1. The maximum Gasteiger partial charge on any atom is 0.253 e. The number of phenols is 1. The summed E-state index contributed by atoms with van der Waals surface area (Å²) in [5, 5.41) is 26.6. The first-order valence-corrected chi connectivity index (χ1v) is 11.1. The number of benzene rings is 1. The molecular formula is C21H22ClN3O6S. The fraction of sp³-hybridized carbons (Fsp3) is 0.333. The van der Waals surface area contributed by atoms with Gasteiger partial charge < -0.3 is 25.3 Å². The second-order valence-corrected chi connectivity index (χ2v) is 8.82. The number of halogens is 1. The third kappa shape index (κ3) is 4.37. The molecule has 4 N–H and O–H groups in total. The van der Waals surface area contributed by atoms with Crippen LogP contribution in [0.3, 0.4) is 0 Å². The molecule has 1 unspecified atom stereocenters. The maximum absolute atomic E-state index is 12.3. The van der Waals surface area contributed by atoms with Crippen molar-refractivity contribution in [1.82, 2.24) is 4.47 Å². The number of rotatable bonds is 8. The lowest BCUT2D eigenvalue weighted by Gasteiger charge is -2.21. The summed E-state index contributed by atoms with van der Waals surface area (Å²) in [4.78, 5) is 30.1. The topological polar surface area (TPSA) is 124 Å². The van der Waals surface area contributed by atoms with Crippen LogP contribution < -0.4 is 21.5 Å². The SMILES string of the molecule is CC[C@@H](Nc1c(Nc2ccc(Cl)c(SN3CC(O)CO3)c2O)c(=O)c1=O)c1ccc(C)o1. The van der Waals surface area contributed by atoms with Crippen molar-refractivity contribution in [3.05, 3.63) is 61.3 Å². The van der Waals surface area contributed by atoms with Gasteiger partial charge in [-0.15, -0.1) is 4.47 Å². The molecule has 1 aliphatic heterocycles. The van der Waals surface area contributed by atoms with E-state index in [9.17, 15) is 19.8 Å². The van der Waals surface area contributed by atoms with Gasteiger partial charge >= 0.3 is 0 Å². The van der Waals surface area contributed by atoms with E-state index in [2.05, 4.69) is 10.6 Å². The quantitative estimate of drug-likeness (QED) is 0.217. The first-order valence-electron chi connectivity index (χ1n) is 9.99. The highest BCUT2D eigenvalue weighted by Gasteiger charge is 2.28. The molecule has 0 saturated carbocycles. The zero-order valence-electron chi connectivity index (χ0n) is 17.3. The zero-order valence-corrected chi connectivity index (χ0v) is 18.9. The molecule has 2 aromatic carbocycles. The Morgan fingerprint density at radius 2 is 2.00 bits per heavy atom. The van der Waals surface area contributed by atoms with Gasteiger partial charge in [0, 0.05) is 0 Å². The molecule has 1 aliphatic rings. The van der Waals surface area contributed by atoms with Gasteiger partial charge in [-0.1, -0.05) is 18.5 Å². The van der Waals surface area contributed by atoms with E-state index in [4.69, 9.17) is 20.9 Å². The monoisotopic (exact) mass is 479 g/mol. The predicted octanol–water partition coefficient (Wildman–Crippen LogP) is 3.47. The van der Waals surface area contributed by atoms with E-state index in [1.807, 2.05) is 26.0 Å². The number of nitrogens with zero attached hydrogens (tertiary/aromatic N) is 1. The Labute approximate surface area is 192 Å². The predicted molar refractivity (Wildman–Crippen MR) is 122 cm³/mol. The first-order chi connectivity index (χ1) is 15.3. The second kappa shape index (κ2) is 9.16. The van der Waals surface area contributed by atoms with Crippen molar-refractivity contribution in [3.8, 4) is 5.75 Å². The highest BCUT2D eigenvalue weighted by atomic mass is 35.5. The number of aliphatic hydroxyl groups excluding tert-OH is 1. The highest BCUT2D eigenvalue weighted by Crippen LogP contribution is 2.43. The number of aromatic hydroxyl groups is 1. The Kier molecular flexibility index (Phi) is 6.50. The van der Waals surface area contributed by atoms with Crippen LogP contribution in [-0.4, -0.2) is 33.9 Å². The number of hydrogen-bond acceptors (Lipinski definition) is 10. The third-order valence-corrected chi connectivity index (χ3v) is 6.53. The summed E-state index contributed by atoms with van der Waals surface area (Å²) in [5.41, 5.74) is -0.943. The summed E-state index contributed by atoms with van der Waals surface area (Å²) in [6.45, 7) is 4.15. The van der Waals surface area contributed by atoms with E-state index in [1.54, 1.807) is 6.07 Å². The van der Waals surface area contributed by atoms with E-state index in [0.717, 1.165) is 17.7 Å². The van der Waals surface area contributed by atoms with Crippen LogP contribution in [0, 0.1) is 6.92 Å². The third-order valence-electron chi connectivity index (χ3n) is 5.05. The number of anilines is 3. The second-order valence-electron chi connectivity index (χ2n) is 7.42. The molecule has 11 heteroatoms. The Hall–Kier alpha value is -2.50. The van der Waals surface area contributed by atoms with E-state index in [1.165, 1.54) is 10.5 Å². The van der Waals surface area contributed by atoms with Crippen LogP contribution in [0.1, 0.15) is 30.9 Å². The molecule has 9 nitrogen and oxygen atoms in total. The molecule has 0 aliphatic carbocycles. The molecule has 4 rings (SSSR count). The minimum Gasteiger partial charge on any atom is -0.505 e. The van der Waals surface area contributed by atoms with Crippen LogP contribution in [-0.2, 0) is 4.84 Å². The molecule has 170 valence electrons. The molecular weight excluding hydrogens is 458 g/mol. The van der Waals surface area contributed by atoms with Crippen LogP contribution in [0.25, 0.3) is 0 Å². The fourth-order valence-corrected chi connectivity index (χ4v) is 4.49. The molecule has 0 amide bonds. The van der Waals surface area contributed by atoms with E-state index < -0.39 is 17.0 Å².